The van der Waals surface area contributed by atoms with Crippen molar-refractivity contribution in [3.8, 4) is 11.1 Å². The number of rotatable bonds is 16. The van der Waals surface area contributed by atoms with E-state index in [2.05, 4.69) is 16.0 Å². The van der Waals surface area contributed by atoms with Crippen molar-refractivity contribution >= 4 is 24.1 Å². The first-order chi connectivity index (χ1) is 23.4. The van der Waals surface area contributed by atoms with Gasteiger partial charge in [0.05, 0.1) is 26.8 Å². The fourth-order valence-electron chi connectivity index (χ4n) is 5.25. The predicted molar refractivity (Wildman–Crippen MR) is 187 cm³/mol. The number of nitrogens with one attached hydrogen (secondary N) is 3. The SMILES string of the molecule is COC(=O)N[C@H](C(=O)N[C@@H](Cc1ccccc1)[C@@H](CN(N)Cc1ccc(-c2ccccc2)cc1)OC(=O)[C@H](NC(=O)OC)C(C)C)C(C)C. The molecule has 0 bridgehead atoms. The maximum Gasteiger partial charge on any atom is 0.407 e. The number of methoxy groups -OCH3 is 2. The Hall–Kier alpha value is -4.94. The van der Waals surface area contributed by atoms with Gasteiger partial charge in [0, 0.05) is 6.54 Å². The highest BCUT2D eigenvalue weighted by Crippen LogP contribution is 2.20. The molecule has 0 heterocycles. The molecule has 5 N–H and O–H groups in total. The Labute approximate surface area is 288 Å². The molecule has 0 saturated heterocycles. The second-order valence-corrected chi connectivity index (χ2v) is 12.5. The molecular formula is C37H49N5O7. The molecule has 49 heavy (non-hydrogen) atoms. The Bertz CT molecular complexity index is 1490. The van der Waals surface area contributed by atoms with E-state index in [-0.39, 0.29) is 24.8 Å². The minimum Gasteiger partial charge on any atom is -0.457 e. The summed E-state index contributed by atoms with van der Waals surface area (Å²) in [5.74, 6) is 4.74. The highest BCUT2D eigenvalue weighted by Gasteiger charge is 2.35. The molecular weight excluding hydrogens is 626 g/mol. The van der Waals surface area contributed by atoms with Gasteiger partial charge in [0.15, 0.2) is 0 Å². The lowest BCUT2D eigenvalue weighted by Gasteiger charge is -2.34. The first-order valence-electron chi connectivity index (χ1n) is 16.3. The van der Waals surface area contributed by atoms with Crippen molar-refractivity contribution in [3.63, 3.8) is 0 Å². The fraction of sp³-hybridized carbons (Fsp3) is 0.405. The maximum atomic E-state index is 13.7. The van der Waals surface area contributed by atoms with Crippen LogP contribution < -0.4 is 21.8 Å². The first-order valence-corrected chi connectivity index (χ1v) is 16.3. The van der Waals surface area contributed by atoms with Crippen LogP contribution in [0.1, 0.15) is 38.8 Å². The van der Waals surface area contributed by atoms with Crippen molar-refractivity contribution in [1.82, 2.24) is 21.0 Å². The molecule has 0 aliphatic carbocycles. The molecule has 12 heteroatoms. The van der Waals surface area contributed by atoms with Crippen LogP contribution in [-0.4, -0.2) is 74.1 Å². The molecule has 4 atom stereocenters. The van der Waals surface area contributed by atoms with Crippen LogP contribution in [-0.2, 0) is 36.8 Å². The average molecular weight is 676 g/mol. The van der Waals surface area contributed by atoms with E-state index in [4.69, 9.17) is 20.1 Å². The van der Waals surface area contributed by atoms with E-state index >= 15 is 0 Å². The number of nitrogens with zero attached hydrogens (tertiary/aromatic N) is 1. The average Bonchev–Trinajstić information content (AvgIpc) is 3.09. The minimum absolute atomic E-state index is 0.0176. The van der Waals surface area contributed by atoms with Crippen molar-refractivity contribution in [2.24, 2.45) is 17.7 Å². The molecule has 0 unspecified atom stereocenters. The highest BCUT2D eigenvalue weighted by atomic mass is 16.6. The summed E-state index contributed by atoms with van der Waals surface area (Å²) >= 11 is 0. The number of alkyl carbamates (subject to hydrolysis) is 2. The lowest BCUT2D eigenvalue weighted by molar-refractivity contribution is -0.156. The number of hydrazine groups is 1. The van der Waals surface area contributed by atoms with Gasteiger partial charge in [-0.2, -0.15) is 0 Å². The van der Waals surface area contributed by atoms with Crippen LogP contribution in [0.2, 0.25) is 0 Å². The third-order valence-corrected chi connectivity index (χ3v) is 7.99. The number of hydrogen-bond donors (Lipinski definition) is 4. The second-order valence-electron chi connectivity index (χ2n) is 12.5. The van der Waals surface area contributed by atoms with Crippen LogP contribution in [0.5, 0.6) is 0 Å². The predicted octanol–water partition coefficient (Wildman–Crippen LogP) is 4.43. The van der Waals surface area contributed by atoms with E-state index in [1.54, 1.807) is 27.7 Å². The van der Waals surface area contributed by atoms with Gasteiger partial charge in [-0.15, -0.1) is 0 Å². The Morgan fingerprint density at radius 3 is 1.71 bits per heavy atom. The fourth-order valence-corrected chi connectivity index (χ4v) is 5.25. The first kappa shape index (κ1) is 38.5. The number of esters is 1. The van der Waals surface area contributed by atoms with Crippen LogP contribution in [0.15, 0.2) is 84.9 Å². The van der Waals surface area contributed by atoms with Gasteiger partial charge in [0.1, 0.15) is 18.2 Å². The summed E-state index contributed by atoms with van der Waals surface area (Å²) in [7, 11) is 2.43. The van der Waals surface area contributed by atoms with E-state index in [1.807, 2.05) is 84.9 Å². The quantitative estimate of drug-likeness (QED) is 0.0745. The van der Waals surface area contributed by atoms with Crippen LogP contribution in [0.4, 0.5) is 9.59 Å². The monoisotopic (exact) mass is 675 g/mol. The molecule has 3 amide bonds. The molecule has 12 nitrogen and oxygen atoms in total. The van der Waals surface area contributed by atoms with Crippen LogP contribution in [0.25, 0.3) is 11.1 Å². The molecule has 0 saturated carbocycles. The topological polar surface area (TPSA) is 161 Å². The molecule has 0 spiro atoms. The van der Waals surface area contributed by atoms with Gasteiger partial charge >= 0.3 is 18.2 Å². The smallest absolute Gasteiger partial charge is 0.407 e. The Morgan fingerprint density at radius 2 is 1.18 bits per heavy atom. The van der Waals surface area contributed by atoms with Crippen LogP contribution >= 0.6 is 0 Å². The van der Waals surface area contributed by atoms with Crippen molar-refractivity contribution in [2.45, 2.75) is 64.9 Å². The van der Waals surface area contributed by atoms with Gasteiger partial charge in [0.25, 0.3) is 0 Å². The lowest BCUT2D eigenvalue weighted by Crippen LogP contribution is -2.58. The molecule has 0 aliphatic rings. The largest absolute Gasteiger partial charge is 0.457 e. The van der Waals surface area contributed by atoms with Gasteiger partial charge in [-0.05, 0) is 40.5 Å². The summed E-state index contributed by atoms with van der Waals surface area (Å²) in [4.78, 5) is 51.7. The number of nitrogens with two attached hydrogens (primary N) is 1. The summed E-state index contributed by atoms with van der Waals surface area (Å²) in [5.41, 5.74) is 3.93. The third kappa shape index (κ3) is 12.2. The van der Waals surface area contributed by atoms with Crippen molar-refractivity contribution < 1.29 is 33.4 Å². The number of hydrogen-bond acceptors (Lipinski definition) is 9. The zero-order valence-electron chi connectivity index (χ0n) is 29.1. The number of carbonyl (C=O) groups excluding carboxylic acids is 4. The molecule has 264 valence electrons. The normalized spacial score (nSPS) is 13.6. The van der Waals surface area contributed by atoms with E-state index < -0.39 is 48.3 Å². The van der Waals surface area contributed by atoms with Crippen molar-refractivity contribution in [3.05, 3.63) is 96.1 Å². The zero-order valence-corrected chi connectivity index (χ0v) is 29.1. The van der Waals surface area contributed by atoms with E-state index in [0.717, 1.165) is 22.3 Å². The maximum absolute atomic E-state index is 13.7. The number of carbonyl (C=O) groups is 4. The van der Waals surface area contributed by atoms with E-state index in [0.29, 0.717) is 6.54 Å². The standard InChI is InChI=1S/C37H49N5O7/c1-24(2)32(40-36(45)47-5)34(43)39-30(21-26-13-9-7-10-14-26)31(49-35(44)33(25(3)4)41-37(46)48-6)23-42(38)22-27-17-19-29(20-18-27)28-15-11-8-12-16-28/h7-20,24-25,30-33H,21-23,38H2,1-6H3,(H,39,43)(H,40,45)(H,41,46)/t30-,31+,32-,33+/m0/s1. The Balaban J connectivity index is 1.94. The molecule has 3 rings (SSSR count). The lowest BCUT2D eigenvalue weighted by atomic mass is 9.97. The van der Waals surface area contributed by atoms with Gasteiger partial charge in [-0.1, -0.05) is 113 Å². The summed E-state index contributed by atoms with van der Waals surface area (Å²) in [6, 6.07) is 24.6. The van der Waals surface area contributed by atoms with Crippen LogP contribution in [0, 0.1) is 11.8 Å². The molecule has 0 aromatic heterocycles. The summed E-state index contributed by atoms with van der Waals surface area (Å²) in [6.45, 7) is 7.44. The van der Waals surface area contributed by atoms with Gasteiger partial charge in [-0.3, -0.25) is 10.6 Å². The zero-order chi connectivity index (χ0) is 35.9. The van der Waals surface area contributed by atoms with Gasteiger partial charge in [0.2, 0.25) is 5.91 Å². The summed E-state index contributed by atoms with van der Waals surface area (Å²) in [5, 5.41) is 9.67. The Morgan fingerprint density at radius 1 is 0.673 bits per heavy atom. The van der Waals surface area contributed by atoms with Crippen molar-refractivity contribution in [1.29, 1.82) is 0 Å². The summed E-state index contributed by atoms with van der Waals surface area (Å²) < 4.78 is 15.6. The van der Waals surface area contributed by atoms with E-state index in [1.165, 1.54) is 19.2 Å². The van der Waals surface area contributed by atoms with Gasteiger partial charge in [-0.25, -0.2) is 19.4 Å². The molecule has 0 fully saturated rings. The molecule has 3 aromatic carbocycles. The molecule has 0 aliphatic heterocycles. The second kappa shape index (κ2) is 19.2. The minimum atomic E-state index is -1.04. The number of benzene rings is 3. The third-order valence-electron chi connectivity index (χ3n) is 7.99. The van der Waals surface area contributed by atoms with Gasteiger partial charge < -0.3 is 30.2 Å². The highest BCUT2D eigenvalue weighted by molar-refractivity contribution is 5.86. The van der Waals surface area contributed by atoms with Crippen LogP contribution in [0.3, 0.4) is 0 Å². The summed E-state index contributed by atoms with van der Waals surface area (Å²) in [6.07, 6.45) is -2.26. The molecule has 3 aromatic rings. The Kier molecular flexibility index (Phi) is 15.1. The van der Waals surface area contributed by atoms with Crippen molar-refractivity contribution in [2.75, 3.05) is 20.8 Å². The van der Waals surface area contributed by atoms with E-state index in [9.17, 15) is 19.2 Å². The number of amides is 3. The molecule has 0 radical (unpaired) electrons. The number of ether oxygens (including phenoxy) is 3.